The van der Waals surface area contributed by atoms with Gasteiger partial charge in [0.05, 0.1) is 53.0 Å². The number of Topliss-reactive ketones (excluding diaryl/α,β-unsaturated/α-hetero) is 1. The number of phenolic OH excluding ortho intramolecular Hbond substituents is 3. The molecule has 15 nitrogen and oxygen atoms in total. The maximum atomic E-state index is 14.4. The summed E-state index contributed by atoms with van der Waals surface area (Å²) in [5.41, 5.74) is -0.303. The minimum atomic E-state index is -2.03. The van der Waals surface area contributed by atoms with E-state index in [4.69, 9.17) is 18.9 Å². The smallest absolute Gasteiger partial charge is 0.312 e. The maximum Gasteiger partial charge on any atom is 0.312 e. The second-order valence-electron chi connectivity index (χ2n) is 15.9. The van der Waals surface area contributed by atoms with Crippen molar-refractivity contribution >= 4 is 40.3 Å². The van der Waals surface area contributed by atoms with Crippen molar-refractivity contribution < 1.29 is 58.9 Å². The van der Waals surface area contributed by atoms with Gasteiger partial charge in [-0.2, -0.15) is 5.10 Å². The van der Waals surface area contributed by atoms with Crippen LogP contribution in [0.1, 0.15) is 89.2 Å². The van der Waals surface area contributed by atoms with Gasteiger partial charge in [-0.05, 0) is 39.2 Å². The molecule has 1 amide bonds. The Kier molecular flexibility index (Phi) is 13.5. The van der Waals surface area contributed by atoms with Crippen molar-refractivity contribution in [3.63, 3.8) is 0 Å². The summed E-state index contributed by atoms with van der Waals surface area (Å²) in [4.78, 5) is 40.4. The zero-order chi connectivity index (χ0) is 42.8. The topological polar surface area (TPSA) is 217 Å². The fraction of sp³-hybridized carbons (Fsp3) is 0.535. The Balaban J connectivity index is 1.71. The average Bonchev–Trinajstić information content (AvgIpc) is 3.46. The quantitative estimate of drug-likeness (QED) is 0.0965. The molecule has 15 heteroatoms. The van der Waals surface area contributed by atoms with Gasteiger partial charge in [0, 0.05) is 74.2 Å². The SMILES string of the molecule is COC1C=COC2(C)Oc3c(C)c(O)c4c(O)c(c(/C=N/N5CCCCC5)c(O)c4c3C2=O)NC(=O)C(C)=CC=CC(C)C(O)C(C)C(O)C(C)C(OC(C)=O)C1C. The highest BCUT2D eigenvalue weighted by Crippen LogP contribution is 2.55. The number of anilines is 1. The maximum absolute atomic E-state index is 14.4. The number of aliphatic hydroxyl groups excluding tert-OH is 2. The first-order valence-electron chi connectivity index (χ1n) is 19.7. The van der Waals surface area contributed by atoms with Gasteiger partial charge < -0.3 is 49.8 Å². The predicted octanol–water partition coefficient (Wildman–Crippen LogP) is 5.57. The molecule has 316 valence electrons. The van der Waals surface area contributed by atoms with Crippen LogP contribution in [-0.4, -0.2) is 105 Å². The van der Waals surface area contributed by atoms with Crippen molar-refractivity contribution in [3.05, 3.63) is 52.8 Å². The zero-order valence-electron chi connectivity index (χ0n) is 34.6. The normalized spacial score (nSPS) is 30.1. The highest BCUT2D eigenvalue weighted by atomic mass is 16.7. The lowest BCUT2D eigenvalue weighted by molar-refractivity contribution is -0.160. The number of esters is 1. The van der Waals surface area contributed by atoms with Gasteiger partial charge in [-0.15, -0.1) is 0 Å². The largest absolute Gasteiger partial charge is 0.507 e. The number of allylic oxidation sites excluding steroid dienone is 2. The number of hydrazone groups is 1. The number of piperidine rings is 1. The number of phenols is 3. The molecule has 6 rings (SSSR count). The van der Waals surface area contributed by atoms with Crippen LogP contribution >= 0.6 is 0 Å². The number of aromatic hydroxyl groups is 3. The lowest BCUT2D eigenvalue weighted by atomic mass is 9.78. The molecule has 2 aromatic rings. The summed E-state index contributed by atoms with van der Waals surface area (Å²) in [5, 5.41) is 66.8. The summed E-state index contributed by atoms with van der Waals surface area (Å²) in [6, 6.07) is 0. The van der Waals surface area contributed by atoms with Crippen LogP contribution in [0.4, 0.5) is 5.69 Å². The molecule has 4 heterocycles. The number of fused-ring (bicyclic) bond motifs is 14. The summed E-state index contributed by atoms with van der Waals surface area (Å²) < 4.78 is 23.6. The van der Waals surface area contributed by atoms with Crippen LogP contribution < -0.4 is 10.1 Å². The molecule has 1 saturated heterocycles. The summed E-state index contributed by atoms with van der Waals surface area (Å²) >= 11 is 0. The van der Waals surface area contributed by atoms with E-state index in [1.165, 1.54) is 59.4 Å². The van der Waals surface area contributed by atoms with Crippen molar-refractivity contribution in [2.24, 2.45) is 28.8 Å². The Labute approximate surface area is 338 Å². The lowest BCUT2D eigenvalue weighted by Gasteiger charge is -2.38. The van der Waals surface area contributed by atoms with E-state index in [0.717, 1.165) is 19.3 Å². The van der Waals surface area contributed by atoms with E-state index in [1.54, 1.807) is 44.9 Å². The molecule has 4 aliphatic rings. The first-order valence-corrected chi connectivity index (χ1v) is 19.7. The van der Waals surface area contributed by atoms with E-state index in [2.05, 4.69) is 10.4 Å². The van der Waals surface area contributed by atoms with Gasteiger partial charge in [0.15, 0.2) is 5.75 Å². The number of hydrogen-bond donors (Lipinski definition) is 6. The van der Waals surface area contributed by atoms with Crippen LogP contribution in [0, 0.1) is 30.6 Å². The average molecular weight is 808 g/mol. The third-order valence-corrected chi connectivity index (χ3v) is 11.7. The van der Waals surface area contributed by atoms with E-state index in [9.17, 15) is 39.9 Å². The molecule has 0 aromatic heterocycles. The van der Waals surface area contributed by atoms with Gasteiger partial charge in [0.1, 0.15) is 23.4 Å². The molecule has 5 bridgehead atoms. The predicted molar refractivity (Wildman–Crippen MR) is 217 cm³/mol. The van der Waals surface area contributed by atoms with Gasteiger partial charge in [-0.3, -0.25) is 19.4 Å². The number of hydrogen-bond acceptors (Lipinski definition) is 14. The summed E-state index contributed by atoms with van der Waals surface area (Å²) in [6.45, 7) is 13.8. The number of nitrogens with zero attached hydrogens (tertiary/aromatic N) is 2. The summed E-state index contributed by atoms with van der Waals surface area (Å²) in [6.07, 6.45) is 7.74. The summed E-state index contributed by atoms with van der Waals surface area (Å²) in [5.74, 6) is -8.27. The third-order valence-electron chi connectivity index (χ3n) is 11.7. The van der Waals surface area contributed by atoms with Crippen molar-refractivity contribution in [2.45, 2.75) is 105 Å². The van der Waals surface area contributed by atoms with Crippen molar-refractivity contribution in [1.82, 2.24) is 5.01 Å². The van der Waals surface area contributed by atoms with Crippen molar-refractivity contribution in [1.29, 1.82) is 0 Å². The van der Waals surface area contributed by atoms with Crippen LogP contribution in [-0.2, 0) is 23.8 Å². The van der Waals surface area contributed by atoms with E-state index in [1.807, 2.05) is 0 Å². The molecular weight excluding hydrogens is 750 g/mol. The minimum absolute atomic E-state index is 0.0614. The van der Waals surface area contributed by atoms with Gasteiger partial charge in [-0.25, -0.2) is 0 Å². The Morgan fingerprint density at radius 2 is 1.62 bits per heavy atom. The van der Waals surface area contributed by atoms with Gasteiger partial charge in [0.2, 0.25) is 0 Å². The number of ether oxygens (including phenoxy) is 4. The monoisotopic (exact) mass is 807 g/mol. The number of ketones is 1. The van der Waals surface area contributed by atoms with E-state index in [0.29, 0.717) is 13.1 Å². The van der Waals surface area contributed by atoms with E-state index >= 15 is 0 Å². The molecule has 6 N–H and O–H groups in total. The highest BCUT2D eigenvalue weighted by Gasteiger charge is 2.50. The highest BCUT2D eigenvalue weighted by molar-refractivity contribution is 6.23. The number of methoxy groups -OCH3 is 1. The number of benzene rings is 2. The van der Waals surface area contributed by atoms with Crippen LogP contribution in [0.15, 0.2) is 41.2 Å². The number of nitrogens with one attached hydrogen (secondary N) is 1. The molecule has 0 aliphatic carbocycles. The Bertz CT molecular complexity index is 2040. The van der Waals surface area contributed by atoms with Crippen LogP contribution in [0.3, 0.4) is 0 Å². The fourth-order valence-electron chi connectivity index (χ4n) is 8.00. The third kappa shape index (κ3) is 8.52. The second kappa shape index (κ2) is 17.8. The first kappa shape index (κ1) is 44.0. The van der Waals surface area contributed by atoms with Crippen LogP contribution in [0.5, 0.6) is 23.0 Å². The number of amides is 1. The molecule has 0 radical (unpaired) electrons. The molecule has 1 fully saturated rings. The van der Waals surface area contributed by atoms with Crippen LogP contribution in [0.25, 0.3) is 10.8 Å². The Morgan fingerprint density at radius 1 is 0.948 bits per heavy atom. The van der Waals surface area contributed by atoms with Gasteiger partial charge in [0.25, 0.3) is 11.7 Å². The Morgan fingerprint density at radius 3 is 2.26 bits per heavy atom. The number of aliphatic hydroxyl groups is 2. The van der Waals surface area contributed by atoms with Gasteiger partial charge in [-0.1, -0.05) is 45.9 Å². The van der Waals surface area contributed by atoms with E-state index < -0.39 is 88.8 Å². The molecule has 0 spiro atoms. The Hall–Kier alpha value is -5.12. The first-order chi connectivity index (χ1) is 27.3. The van der Waals surface area contributed by atoms with Crippen LogP contribution in [0.2, 0.25) is 0 Å². The molecular formula is C43H57N3O12. The molecule has 4 aliphatic heterocycles. The minimum Gasteiger partial charge on any atom is -0.507 e. The number of rotatable bonds is 4. The number of carbonyl (C=O) groups excluding carboxylic acids is 3. The van der Waals surface area contributed by atoms with Crippen molar-refractivity contribution in [3.8, 4) is 23.0 Å². The number of carbonyl (C=O) groups is 3. The standard InChI is InChI=1S/C43H57N3O12/c1-21-14-13-15-22(2)42(54)45-33-28(20-44-46-17-11-10-12-18-46)37(51)30-31(38(33)52)36(50)26(6)40-32(30)41(53)43(8,58-40)56-19-16-29(55-9)23(3)39(57-27(7)47)25(5)35(49)24(4)34(21)48/h13-16,19-21,23-25,29,34-35,39,48-52H,10-12,17-18H2,1-9H3,(H,45,54)/b14-13?,19-16?,22-15?,44-20+. The van der Waals surface area contributed by atoms with Crippen molar-refractivity contribution in [2.75, 3.05) is 25.5 Å². The molecule has 2 aromatic carbocycles. The fourth-order valence-corrected chi connectivity index (χ4v) is 8.00. The lowest BCUT2D eigenvalue weighted by Crippen LogP contribution is -2.46. The second-order valence-corrected chi connectivity index (χ2v) is 15.9. The molecule has 58 heavy (non-hydrogen) atoms. The molecule has 9 atom stereocenters. The summed E-state index contributed by atoms with van der Waals surface area (Å²) in [7, 11) is 1.44. The molecule has 0 saturated carbocycles. The molecule has 9 unspecified atom stereocenters. The van der Waals surface area contributed by atoms with Gasteiger partial charge >= 0.3 is 11.8 Å². The van der Waals surface area contributed by atoms with E-state index in [-0.39, 0.29) is 44.5 Å². The zero-order valence-corrected chi connectivity index (χ0v) is 34.6.